The van der Waals surface area contributed by atoms with Crippen LogP contribution in [-0.4, -0.2) is 44.1 Å². The highest BCUT2D eigenvalue weighted by atomic mass is 127. The van der Waals surface area contributed by atoms with Crippen molar-refractivity contribution in [1.29, 1.82) is 0 Å². The number of nitrogens with one attached hydrogen (secondary N) is 2. The number of hydrogen-bond acceptors (Lipinski definition) is 3. The molecule has 0 amide bonds. The fourth-order valence-corrected chi connectivity index (χ4v) is 3.42. The number of guanidine groups is 1. The van der Waals surface area contributed by atoms with Crippen LogP contribution >= 0.6 is 24.0 Å². The van der Waals surface area contributed by atoms with Crippen molar-refractivity contribution >= 4 is 29.9 Å². The predicted molar refractivity (Wildman–Crippen MR) is 127 cm³/mol. The predicted octanol–water partition coefficient (Wildman–Crippen LogP) is 3.43. The average Bonchev–Trinajstić information content (AvgIpc) is 2.71. The maximum Gasteiger partial charge on any atom is 0.191 e. The first-order valence-corrected chi connectivity index (χ1v) is 9.74. The molecule has 5 nitrogen and oxygen atoms in total. The monoisotopic (exact) mass is 494 g/mol. The van der Waals surface area contributed by atoms with Crippen molar-refractivity contribution in [3.8, 4) is 5.75 Å². The molecule has 6 heteroatoms. The molecule has 0 saturated heterocycles. The van der Waals surface area contributed by atoms with Crippen molar-refractivity contribution < 1.29 is 4.74 Å². The molecular formula is C22H31IN4O. The number of rotatable bonds is 7. The van der Waals surface area contributed by atoms with Gasteiger partial charge >= 0.3 is 0 Å². The molecule has 28 heavy (non-hydrogen) atoms. The normalized spacial score (nSPS) is 14.0. The summed E-state index contributed by atoms with van der Waals surface area (Å²) in [7, 11) is 1.81. The van der Waals surface area contributed by atoms with E-state index in [1.165, 1.54) is 11.1 Å². The molecule has 0 aromatic heterocycles. The molecule has 0 saturated carbocycles. The van der Waals surface area contributed by atoms with Gasteiger partial charge in [0.05, 0.1) is 6.61 Å². The first-order chi connectivity index (χ1) is 13.3. The van der Waals surface area contributed by atoms with Crippen LogP contribution in [0.5, 0.6) is 5.75 Å². The highest BCUT2D eigenvalue weighted by molar-refractivity contribution is 14.0. The molecule has 0 bridgehead atoms. The van der Waals surface area contributed by atoms with Gasteiger partial charge in [-0.25, -0.2) is 0 Å². The van der Waals surface area contributed by atoms with E-state index in [0.29, 0.717) is 13.2 Å². The van der Waals surface area contributed by atoms with Crippen molar-refractivity contribution in [2.24, 2.45) is 4.99 Å². The molecule has 2 N–H and O–H groups in total. The molecule has 3 rings (SSSR count). The third-order valence-electron chi connectivity index (χ3n) is 4.87. The fraction of sp³-hybridized carbons (Fsp3) is 0.409. The Labute approximate surface area is 185 Å². The van der Waals surface area contributed by atoms with Crippen LogP contribution in [0.15, 0.2) is 53.5 Å². The van der Waals surface area contributed by atoms with Crippen molar-refractivity contribution in [3.05, 3.63) is 65.2 Å². The van der Waals surface area contributed by atoms with Gasteiger partial charge in [-0.3, -0.25) is 9.89 Å². The van der Waals surface area contributed by atoms with E-state index in [0.717, 1.165) is 49.9 Å². The summed E-state index contributed by atoms with van der Waals surface area (Å²) >= 11 is 0. The Bertz CT molecular complexity index is 766. The molecule has 0 spiro atoms. The largest absolute Gasteiger partial charge is 0.494 e. The second-order valence-corrected chi connectivity index (χ2v) is 6.69. The third-order valence-corrected chi connectivity index (χ3v) is 4.87. The van der Waals surface area contributed by atoms with Gasteiger partial charge < -0.3 is 15.4 Å². The van der Waals surface area contributed by atoms with Gasteiger partial charge in [0.25, 0.3) is 0 Å². The molecule has 0 radical (unpaired) electrons. The molecule has 1 heterocycles. The van der Waals surface area contributed by atoms with E-state index in [1.807, 2.05) is 25.1 Å². The van der Waals surface area contributed by atoms with Crippen molar-refractivity contribution in [1.82, 2.24) is 15.5 Å². The summed E-state index contributed by atoms with van der Waals surface area (Å²) in [5.41, 5.74) is 4.08. The standard InChI is InChI=1S/C22H30N4O.HI/c1-3-27-21-11-7-6-9-19(21)16-25-22(23-2)24-13-15-26-14-12-18-8-4-5-10-20(18)17-26;/h4-11H,3,12-17H2,1-2H3,(H2,23,24,25);1H. The summed E-state index contributed by atoms with van der Waals surface area (Å²) in [4.78, 5) is 6.83. The summed E-state index contributed by atoms with van der Waals surface area (Å²) in [5.74, 6) is 1.74. The van der Waals surface area contributed by atoms with Gasteiger partial charge in [0.2, 0.25) is 0 Å². The number of hydrogen-bond donors (Lipinski definition) is 2. The number of para-hydroxylation sites is 1. The van der Waals surface area contributed by atoms with Gasteiger partial charge in [0.1, 0.15) is 5.75 Å². The van der Waals surface area contributed by atoms with Gasteiger partial charge in [0.15, 0.2) is 5.96 Å². The van der Waals surface area contributed by atoms with Crippen molar-refractivity contribution in [3.63, 3.8) is 0 Å². The first kappa shape index (κ1) is 22.5. The van der Waals surface area contributed by atoms with E-state index in [1.54, 1.807) is 7.05 Å². The highest BCUT2D eigenvalue weighted by Crippen LogP contribution is 2.18. The van der Waals surface area contributed by atoms with E-state index in [9.17, 15) is 0 Å². The van der Waals surface area contributed by atoms with Gasteiger partial charge in [-0.15, -0.1) is 24.0 Å². The smallest absolute Gasteiger partial charge is 0.191 e. The van der Waals surface area contributed by atoms with Crippen molar-refractivity contribution in [2.45, 2.75) is 26.4 Å². The molecule has 0 fully saturated rings. The molecular weight excluding hydrogens is 463 g/mol. The SMILES string of the molecule is CCOc1ccccc1CNC(=NC)NCCN1CCc2ccccc2C1.I. The number of fused-ring (bicyclic) bond motifs is 1. The van der Waals surface area contributed by atoms with Crippen LogP contribution in [0.2, 0.25) is 0 Å². The molecule has 0 aliphatic carbocycles. The number of halogens is 1. The Morgan fingerprint density at radius 3 is 2.61 bits per heavy atom. The summed E-state index contributed by atoms with van der Waals surface area (Å²) in [5, 5.41) is 6.80. The molecule has 0 unspecified atom stereocenters. The van der Waals surface area contributed by atoms with Crippen LogP contribution in [-0.2, 0) is 19.5 Å². The summed E-state index contributed by atoms with van der Waals surface area (Å²) in [6.45, 7) is 7.39. The minimum Gasteiger partial charge on any atom is -0.494 e. The summed E-state index contributed by atoms with van der Waals surface area (Å²) in [6, 6.07) is 16.9. The first-order valence-electron chi connectivity index (χ1n) is 9.74. The van der Waals surface area contributed by atoms with Crippen molar-refractivity contribution in [2.75, 3.05) is 33.3 Å². The Balaban J connectivity index is 0.00000280. The number of aliphatic imine (C=N–C) groups is 1. The van der Waals surface area contributed by atoms with Crippen LogP contribution in [0.25, 0.3) is 0 Å². The van der Waals surface area contributed by atoms with E-state index in [4.69, 9.17) is 4.74 Å². The van der Waals surface area contributed by atoms with Crippen LogP contribution in [0.4, 0.5) is 0 Å². The summed E-state index contributed by atoms with van der Waals surface area (Å²) < 4.78 is 5.69. The number of ether oxygens (including phenoxy) is 1. The zero-order valence-corrected chi connectivity index (χ0v) is 19.1. The lowest BCUT2D eigenvalue weighted by Crippen LogP contribution is -2.42. The Morgan fingerprint density at radius 2 is 1.82 bits per heavy atom. The second kappa shape index (κ2) is 11.9. The van der Waals surface area contributed by atoms with Gasteiger partial charge in [-0.2, -0.15) is 0 Å². The minimum absolute atomic E-state index is 0. The zero-order chi connectivity index (χ0) is 18.9. The van der Waals surface area contributed by atoms with E-state index < -0.39 is 0 Å². The molecule has 2 aromatic carbocycles. The van der Waals surface area contributed by atoms with E-state index >= 15 is 0 Å². The highest BCUT2D eigenvalue weighted by Gasteiger charge is 2.15. The molecule has 2 aromatic rings. The van der Waals surface area contributed by atoms with Crippen LogP contribution in [0.1, 0.15) is 23.6 Å². The van der Waals surface area contributed by atoms with Crippen LogP contribution < -0.4 is 15.4 Å². The number of nitrogens with zero attached hydrogens (tertiary/aromatic N) is 2. The summed E-state index contributed by atoms with van der Waals surface area (Å²) in [6.07, 6.45) is 1.14. The zero-order valence-electron chi connectivity index (χ0n) is 16.8. The average molecular weight is 494 g/mol. The molecule has 1 aliphatic rings. The topological polar surface area (TPSA) is 48.9 Å². The van der Waals surface area contributed by atoms with E-state index in [-0.39, 0.29) is 24.0 Å². The minimum atomic E-state index is 0. The molecule has 1 aliphatic heterocycles. The van der Waals surface area contributed by atoms with Gasteiger partial charge in [0, 0.05) is 45.3 Å². The Kier molecular flexibility index (Phi) is 9.57. The van der Waals surface area contributed by atoms with E-state index in [2.05, 4.69) is 50.9 Å². The van der Waals surface area contributed by atoms with Gasteiger partial charge in [-0.1, -0.05) is 42.5 Å². The lowest BCUT2D eigenvalue weighted by atomic mass is 10.00. The maximum absolute atomic E-state index is 5.69. The Morgan fingerprint density at radius 1 is 1.07 bits per heavy atom. The number of benzene rings is 2. The maximum atomic E-state index is 5.69. The molecule has 152 valence electrons. The quantitative estimate of drug-likeness (QED) is 0.352. The molecule has 0 atom stereocenters. The third kappa shape index (κ3) is 6.38. The van der Waals surface area contributed by atoms with Crippen LogP contribution in [0.3, 0.4) is 0 Å². The second-order valence-electron chi connectivity index (χ2n) is 6.69. The van der Waals surface area contributed by atoms with Crippen LogP contribution in [0, 0.1) is 0 Å². The lowest BCUT2D eigenvalue weighted by Gasteiger charge is -2.28. The lowest BCUT2D eigenvalue weighted by molar-refractivity contribution is 0.258. The fourth-order valence-electron chi connectivity index (χ4n) is 3.42. The van der Waals surface area contributed by atoms with Gasteiger partial charge in [-0.05, 0) is 30.5 Å². The Hall–Kier alpha value is -1.80.